The average Bonchev–Trinajstić information content (AvgIpc) is 2.34. The highest BCUT2D eigenvalue weighted by molar-refractivity contribution is 7.90. The van der Waals surface area contributed by atoms with Gasteiger partial charge in [-0.2, -0.15) is 0 Å². The smallest absolute Gasteiger partial charge is 0.214 e. The molecule has 1 aliphatic heterocycles. The first-order valence-corrected chi connectivity index (χ1v) is 5.63. The van der Waals surface area contributed by atoms with E-state index in [9.17, 15) is 8.42 Å². The number of primary sulfonamides is 1. The van der Waals surface area contributed by atoms with Gasteiger partial charge in [-0.15, -0.1) is 12.4 Å². The van der Waals surface area contributed by atoms with Gasteiger partial charge in [-0.05, 0) is 39.3 Å². The fraction of sp³-hybridized carbons (Fsp3) is 1.00. The van der Waals surface area contributed by atoms with E-state index in [0.717, 1.165) is 19.5 Å². The molecule has 0 aromatic rings. The summed E-state index contributed by atoms with van der Waals surface area (Å²) >= 11 is 0. The van der Waals surface area contributed by atoms with E-state index in [4.69, 9.17) is 5.14 Å². The van der Waals surface area contributed by atoms with Crippen LogP contribution in [0.15, 0.2) is 0 Å². The number of nitrogens with two attached hydrogens (primary N) is 1. The van der Waals surface area contributed by atoms with Gasteiger partial charge in [0.15, 0.2) is 0 Å². The Labute approximate surface area is 85.7 Å². The number of sulfonamides is 1. The molecule has 0 amide bonds. The predicted octanol–water partition coefficient (Wildman–Crippen LogP) is 0.0848. The van der Waals surface area contributed by atoms with E-state index in [1.54, 1.807) is 13.8 Å². The molecule has 80 valence electrons. The highest BCUT2D eigenvalue weighted by atomic mass is 35.5. The molecular formula is C7H17ClN2O2S. The molecule has 3 N–H and O–H groups in total. The van der Waals surface area contributed by atoms with Gasteiger partial charge in [0.25, 0.3) is 0 Å². The Morgan fingerprint density at radius 2 is 2.00 bits per heavy atom. The fourth-order valence-electron chi connectivity index (χ4n) is 1.48. The molecule has 1 saturated heterocycles. The third-order valence-electron chi connectivity index (χ3n) is 2.78. The van der Waals surface area contributed by atoms with Crippen molar-refractivity contribution in [1.82, 2.24) is 5.32 Å². The van der Waals surface area contributed by atoms with Crippen molar-refractivity contribution < 1.29 is 8.42 Å². The van der Waals surface area contributed by atoms with Crippen LogP contribution in [-0.2, 0) is 10.0 Å². The van der Waals surface area contributed by atoms with E-state index in [2.05, 4.69) is 5.32 Å². The van der Waals surface area contributed by atoms with Gasteiger partial charge in [-0.25, -0.2) is 13.6 Å². The lowest BCUT2D eigenvalue weighted by atomic mass is 9.94. The summed E-state index contributed by atoms with van der Waals surface area (Å²) in [5, 5.41) is 8.27. The van der Waals surface area contributed by atoms with E-state index in [1.807, 2.05) is 0 Å². The van der Waals surface area contributed by atoms with Crippen LogP contribution in [0.4, 0.5) is 0 Å². The molecule has 1 unspecified atom stereocenters. The zero-order valence-electron chi connectivity index (χ0n) is 7.91. The first-order chi connectivity index (χ1) is 5.36. The standard InChI is InChI=1S/C7H16N2O2S.ClH/c1-7(2,12(8,10)11)6-3-4-9-5-6;/h6,9H,3-5H2,1-2H3,(H2,8,10,11);1H. The zero-order chi connectivity index (χ0) is 9.41. The first-order valence-electron chi connectivity index (χ1n) is 4.09. The van der Waals surface area contributed by atoms with Gasteiger partial charge in [0.1, 0.15) is 0 Å². The number of hydrogen-bond acceptors (Lipinski definition) is 3. The summed E-state index contributed by atoms with van der Waals surface area (Å²) in [6.07, 6.45) is 0.892. The number of nitrogens with one attached hydrogen (secondary N) is 1. The molecule has 6 heteroatoms. The Bertz CT molecular complexity index is 258. The summed E-state index contributed by atoms with van der Waals surface area (Å²) in [5.74, 6) is 0.146. The molecule has 0 spiro atoms. The summed E-state index contributed by atoms with van der Waals surface area (Å²) in [6, 6.07) is 0. The third-order valence-corrected chi connectivity index (χ3v) is 4.58. The maximum Gasteiger partial charge on any atom is 0.214 e. The van der Waals surface area contributed by atoms with Gasteiger partial charge in [0.05, 0.1) is 4.75 Å². The zero-order valence-corrected chi connectivity index (χ0v) is 9.54. The second-order valence-electron chi connectivity index (χ2n) is 3.84. The third kappa shape index (κ3) is 2.56. The van der Waals surface area contributed by atoms with Gasteiger partial charge in [-0.3, -0.25) is 0 Å². The Kier molecular flexibility index (Phi) is 4.18. The normalized spacial score (nSPS) is 24.1. The summed E-state index contributed by atoms with van der Waals surface area (Å²) < 4.78 is 21.6. The topological polar surface area (TPSA) is 72.2 Å². The highest BCUT2D eigenvalue weighted by Crippen LogP contribution is 2.28. The quantitative estimate of drug-likeness (QED) is 0.704. The molecule has 1 atom stereocenters. The van der Waals surface area contributed by atoms with Crippen molar-refractivity contribution in [2.75, 3.05) is 13.1 Å². The molecule has 1 rings (SSSR count). The largest absolute Gasteiger partial charge is 0.316 e. The van der Waals surface area contributed by atoms with Crippen molar-refractivity contribution in [2.45, 2.75) is 25.0 Å². The minimum atomic E-state index is -3.43. The monoisotopic (exact) mass is 228 g/mol. The summed E-state index contributed by atoms with van der Waals surface area (Å²) in [5.41, 5.74) is 0. The van der Waals surface area contributed by atoms with Crippen LogP contribution in [0.25, 0.3) is 0 Å². The minimum Gasteiger partial charge on any atom is -0.316 e. The van der Waals surface area contributed by atoms with Gasteiger partial charge in [0.2, 0.25) is 10.0 Å². The van der Waals surface area contributed by atoms with Crippen LogP contribution in [0.1, 0.15) is 20.3 Å². The molecule has 1 heterocycles. The summed E-state index contributed by atoms with van der Waals surface area (Å²) in [6.45, 7) is 5.03. The Morgan fingerprint density at radius 3 is 2.31 bits per heavy atom. The van der Waals surface area contributed by atoms with Crippen LogP contribution < -0.4 is 10.5 Å². The summed E-state index contributed by atoms with van der Waals surface area (Å²) in [7, 11) is -3.43. The minimum absolute atomic E-state index is 0. The highest BCUT2D eigenvalue weighted by Gasteiger charge is 2.40. The molecule has 0 radical (unpaired) electrons. The Balaban J connectivity index is 0.00000144. The molecule has 13 heavy (non-hydrogen) atoms. The van der Waals surface area contributed by atoms with Crippen molar-refractivity contribution in [3.8, 4) is 0 Å². The molecule has 0 aromatic carbocycles. The second kappa shape index (κ2) is 4.13. The summed E-state index contributed by atoms with van der Waals surface area (Å²) in [4.78, 5) is 0. The second-order valence-corrected chi connectivity index (χ2v) is 5.98. The number of rotatable bonds is 2. The van der Waals surface area contributed by atoms with Crippen molar-refractivity contribution in [3.63, 3.8) is 0 Å². The van der Waals surface area contributed by atoms with E-state index >= 15 is 0 Å². The molecule has 1 fully saturated rings. The maximum absolute atomic E-state index is 11.2. The molecule has 1 aliphatic rings. The van der Waals surface area contributed by atoms with E-state index in [0.29, 0.717) is 0 Å². The number of hydrogen-bond donors (Lipinski definition) is 2. The van der Waals surface area contributed by atoms with Crippen LogP contribution in [-0.4, -0.2) is 26.3 Å². The molecular weight excluding hydrogens is 212 g/mol. The van der Waals surface area contributed by atoms with Crippen LogP contribution in [0, 0.1) is 5.92 Å². The van der Waals surface area contributed by atoms with Crippen molar-refractivity contribution in [1.29, 1.82) is 0 Å². The molecule has 0 bridgehead atoms. The molecule has 4 nitrogen and oxygen atoms in total. The number of halogens is 1. The van der Waals surface area contributed by atoms with Crippen LogP contribution in [0.2, 0.25) is 0 Å². The van der Waals surface area contributed by atoms with Gasteiger partial charge < -0.3 is 5.32 Å². The van der Waals surface area contributed by atoms with Crippen molar-refractivity contribution in [3.05, 3.63) is 0 Å². The van der Waals surface area contributed by atoms with Crippen LogP contribution >= 0.6 is 12.4 Å². The lowest BCUT2D eigenvalue weighted by Gasteiger charge is -2.28. The van der Waals surface area contributed by atoms with Crippen molar-refractivity contribution in [2.24, 2.45) is 11.1 Å². The van der Waals surface area contributed by atoms with Crippen LogP contribution in [0.5, 0.6) is 0 Å². The average molecular weight is 229 g/mol. The van der Waals surface area contributed by atoms with Gasteiger partial charge >= 0.3 is 0 Å². The first kappa shape index (κ1) is 13.2. The predicted molar refractivity (Wildman–Crippen MR) is 55.4 cm³/mol. The Morgan fingerprint density at radius 1 is 1.46 bits per heavy atom. The SMILES string of the molecule is CC(C)(C1CCNC1)S(N)(=O)=O.Cl. The van der Waals surface area contributed by atoms with Crippen LogP contribution in [0.3, 0.4) is 0 Å². The Hall–Kier alpha value is 0.160. The molecule has 0 aromatic heterocycles. The van der Waals surface area contributed by atoms with E-state index < -0.39 is 14.8 Å². The fourth-order valence-corrected chi connectivity index (χ4v) is 2.15. The molecule has 0 saturated carbocycles. The lowest BCUT2D eigenvalue weighted by molar-refractivity contribution is 0.424. The lowest BCUT2D eigenvalue weighted by Crippen LogP contribution is -2.45. The maximum atomic E-state index is 11.2. The van der Waals surface area contributed by atoms with E-state index in [-0.39, 0.29) is 18.3 Å². The van der Waals surface area contributed by atoms with Gasteiger partial charge in [-0.1, -0.05) is 0 Å². The van der Waals surface area contributed by atoms with E-state index in [1.165, 1.54) is 0 Å². The van der Waals surface area contributed by atoms with Crippen molar-refractivity contribution >= 4 is 22.4 Å². The van der Waals surface area contributed by atoms with Gasteiger partial charge in [0, 0.05) is 0 Å². The molecule has 0 aliphatic carbocycles.